The quantitative estimate of drug-likeness (QED) is 0.723. The van der Waals surface area contributed by atoms with Crippen LogP contribution >= 0.6 is 0 Å². The zero-order valence-corrected chi connectivity index (χ0v) is 7.32. The van der Waals surface area contributed by atoms with E-state index in [0.29, 0.717) is 5.56 Å². The molecule has 0 aliphatic rings. The number of carbonyl (C=O) groups is 1. The van der Waals surface area contributed by atoms with Gasteiger partial charge in [0.1, 0.15) is 0 Å². The molecule has 0 atom stereocenters. The fraction of sp³-hybridized carbons (Fsp3) is 0.100. The molecule has 0 saturated heterocycles. The van der Waals surface area contributed by atoms with Gasteiger partial charge in [0.2, 0.25) is 0 Å². The summed E-state index contributed by atoms with van der Waals surface area (Å²) in [6, 6.07) is 6.99. The van der Waals surface area contributed by atoms with Crippen molar-refractivity contribution in [3.8, 4) is 6.07 Å². The third kappa shape index (κ3) is 1.36. The third-order valence-corrected chi connectivity index (χ3v) is 1.98. The molecule has 0 saturated carbocycles. The van der Waals surface area contributed by atoms with Gasteiger partial charge in [0, 0.05) is 5.56 Å². The standard InChI is InChI=1S/C10H7N3O/c11-4-3-10(14)7-1-2-8-9(5-7)13-6-12-8/h1-2,5-6H,3H2,(H,12,13). The summed E-state index contributed by atoms with van der Waals surface area (Å²) in [4.78, 5) is 18.3. The van der Waals surface area contributed by atoms with E-state index >= 15 is 0 Å². The normalized spacial score (nSPS) is 9.93. The summed E-state index contributed by atoms with van der Waals surface area (Å²) in [5, 5.41) is 8.38. The van der Waals surface area contributed by atoms with Crippen molar-refractivity contribution in [3.63, 3.8) is 0 Å². The van der Waals surface area contributed by atoms with Crippen LogP contribution in [0.1, 0.15) is 16.8 Å². The first-order valence-corrected chi connectivity index (χ1v) is 4.14. The minimum Gasteiger partial charge on any atom is -0.345 e. The molecule has 0 aliphatic carbocycles. The molecule has 1 aromatic heterocycles. The zero-order valence-electron chi connectivity index (χ0n) is 7.32. The Morgan fingerprint density at radius 3 is 3.21 bits per heavy atom. The van der Waals surface area contributed by atoms with Crippen LogP contribution in [0.4, 0.5) is 0 Å². The highest BCUT2D eigenvalue weighted by Gasteiger charge is 2.06. The van der Waals surface area contributed by atoms with E-state index in [1.165, 1.54) is 0 Å². The summed E-state index contributed by atoms with van der Waals surface area (Å²) >= 11 is 0. The fourth-order valence-electron chi connectivity index (χ4n) is 1.28. The lowest BCUT2D eigenvalue weighted by atomic mass is 10.1. The number of nitrogens with one attached hydrogen (secondary N) is 1. The van der Waals surface area contributed by atoms with Crippen molar-refractivity contribution in [2.75, 3.05) is 0 Å². The number of fused-ring (bicyclic) bond motifs is 1. The molecule has 68 valence electrons. The Kier molecular flexibility index (Phi) is 1.99. The fourth-order valence-corrected chi connectivity index (χ4v) is 1.28. The van der Waals surface area contributed by atoms with Crippen molar-refractivity contribution in [3.05, 3.63) is 30.1 Å². The Morgan fingerprint density at radius 1 is 1.57 bits per heavy atom. The van der Waals surface area contributed by atoms with Gasteiger partial charge in [0.05, 0.1) is 29.9 Å². The van der Waals surface area contributed by atoms with E-state index in [2.05, 4.69) is 9.97 Å². The molecule has 14 heavy (non-hydrogen) atoms. The Labute approximate surface area is 80.2 Å². The van der Waals surface area contributed by atoms with E-state index in [1.807, 2.05) is 6.07 Å². The van der Waals surface area contributed by atoms with E-state index in [1.54, 1.807) is 24.5 Å². The Bertz CT molecular complexity index is 521. The molecule has 0 aliphatic heterocycles. The molecule has 0 radical (unpaired) electrons. The summed E-state index contributed by atoms with van der Waals surface area (Å²) in [6.45, 7) is 0. The number of Topliss-reactive ketones (excluding diaryl/α,β-unsaturated/α-hetero) is 1. The molecule has 4 nitrogen and oxygen atoms in total. The monoisotopic (exact) mass is 185 g/mol. The van der Waals surface area contributed by atoms with Gasteiger partial charge < -0.3 is 4.98 Å². The second-order valence-electron chi connectivity index (χ2n) is 2.89. The number of aromatic nitrogens is 2. The molecule has 2 aromatic rings. The highest BCUT2D eigenvalue weighted by Crippen LogP contribution is 2.12. The van der Waals surface area contributed by atoms with Crippen molar-refractivity contribution in [2.45, 2.75) is 6.42 Å². The van der Waals surface area contributed by atoms with Crippen LogP contribution in [-0.4, -0.2) is 15.8 Å². The zero-order chi connectivity index (χ0) is 9.97. The first-order chi connectivity index (χ1) is 6.81. The maximum Gasteiger partial charge on any atom is 0.176 e. The van der Waals surface area contributed by atoms with Gasteiger partial charge in [-0.1, -0.05) is 0 Å². The predicted molar refractivity (Wildman–Crippen MR) is 50.7 cm³/mol. The smallest absolute Gasteiger partial charge is 0.176 e. The Balaban J connectivity index is 2.44. The molecule has 0 spiro atoms. The number of carbonyl (C=O) groups excluding carboxylic acids is 1. The number of nitriles is 1. The third-order valence-electron chi connectivity index (χ3n) is 1.98. The molecule has 0 amide bonds. The van der Waals surface area contributed by atoms with Crippen molar-refractivity contribution in [2.24, 2.45) is 0 Å². The number of aromatic amines is 1. The average molecular weight is 185 g/mol. The van der Waals surface area contributed by atoms with E-state index in [-0.39, 0.29) is 12.2 Å². The summed E-state index contributed by atoms with van der Waals surface area (Å²) in [5.74, 6) is -0.163. The molecular formula is C10H7N3O. The SMILES string of the molecule is N#CCC(=O)c1ccc2nc[nH]c2c1. The maximum absolute atomic E-state index is 11.4. The molecular weight excluding hydrogens is 178 g/mol. The van der Waals surface area contributed by atoms with Crippen LogP contribution in [-0.2, 0) is 0 Å². The first-order valence-electron chi connectivity index (χ1n) is 4.14. The van der Waals surface area contributed by atoms with E-state index in [0.717, 1.165) is 11.0 Å². The molecule has 4 heteroatoms. The molecule has 2 rings (SSSR count). The van der Waals surface area contributed by atoms with Gasteiger partial charge in [-0.2, -0.15) is 5.26 Å². The maximum atomic E-state index is 11.4. The Hall–Kier alpha value is -2.15. The number of rotatable bonds is 2. The van der Waals surface area contributed by atoms with Gasteiger partial charge in [-0.25, -0.2) is 4.98 Å². The lowest BCUT2D eigenvalue weighted by Gasteiger charge is -1.95. The molecule has 1 heterocycles. The molecule has 1 N–H and O–H groups in total. The molecule has 1 aromatic carbocycles. The average Bonchev–Trinajstić information content (AvgIpc) is 2.64. The van der Waals surface area contributed by atoms with Crippen molar-refractivity contribution < 1.29 is 4.79 Å². The van der Waals surface area contributed by atoms with Gasteiger partial charge in [0.25, 0.3) is 0 Å². The highest BCUT2D eigenvalue weighted by atomic mass is 16.1. The topological polar surface area (TPSA) is 69.5 Å². The number of benzene rings is 1. The predicted octanol–water partition coefficient (Wildman–Crippen LogP) is 1.66. The van der Waals surface area contributed by atoms with Crippen LogP contribution in [0.5, 0.6) is 0 Å². The number of nitrogens with zero attached hydrogens (tertiary/aromatic N) is 2. The minimum atomic E-state index is -0.163. The largest absolute Gasteiger partial charge is 0.345 e. The molecule has 0 fully saturated rings. The van der Waals surface area contributed by atoms with Crippen LogP contribution in [0.3, 0.4) is 0 Å². The lowest BCUT2D eigenvalue weighted by molar-refractivity contribution is 0.0998. The van der Waals surface area contributed by atoms with E-state index in [4.69, 9.17) is 5.26 Å². The van der Waals surface area contributed by atoms with Crippen molar-refractivity contribution in [1.82, 2.24) is 9.97 Å². The van der Waals surface area contributed by atoms with E-state index < -0.39 is 0 Å². The van der Waals surface area contributed by atoms with E-state index in [9.17, 15) is 4.79 Å². The van der Waals surface area contributed by atoms with Crippen LogP contribution < -0.4 is 0 Å². The summed E-state index contributed by atoms with van der Waals surface area (Å²) < 4.78 is 0. The van der Waals surface area contributed by atoms with Gasteiger partial charge >= 0.3 is 0 Å². The molecule has 0 unspecified atom stereocenters. The van der Waals surface area contributed by atoms with Crippen molar-refractivity contribution in [1.29, 1.82) is 5.26 Å². The van der Waals surface area contributed by atoms with Gasteiger partial charge in [-0.3, -0.25) is 4.79 Å². The van der Waals surface area contributed by atoms with Gasteiger partial charge in [-0.05, 0) is 18.2 Å². The molecule has 0 bridgehead atoms. The number of hydrogen-bond acceptors (Lipinski definition) is 3. The lowest BCUT2D eigenvalue weighted by Crippen LogP contribution is -1.96. The number of imidazole rings is 1. The van der Waals surface area contributed by atoms with Gasteiger partial charge in [0.15, 0.2) is 5.78 Å². The first kappa shape index (κ1) is 8.45. The number of H-pyrrole nitrogens is 1. The summed E-state index contributed by atoms with van der Waals surface area (Å²) in [5.41, 5.74) is 2.18. The minimum absolute atomic E-state index is 0.0837. The van der Waals surface area contributed by atoms with Crippen LogP contribution in [0.2, 0.25) is 0 Å². The Morgan fingerprint density at radius 2 is 2.43 bits per heavy atom. The van der Waals surface area contributed by atoms with Crippen molar-refractivity contribution >= 4 is 16.8 Å². The van der Waals surface area contributed by atoms with Crippen LogP contribution in [0, 0.1) is 11.3 Å². The highest BCUT2D eigenvalue weighted by molar-refractivity contribution is 5.99. The summed E-state index contributed by atoms with van der Waals surface area (Å²) in [6.07, 6.45) is 1.49. The second-order valence-corrected chi connectivity index (χ2v) is 2.89. The van der Waals surface area contributed by atoms with Crippen LogP contribution in [0.25, 0.3) is 11.0 Å². The second kappa shape index (κ2) is 3.30. The van der Waals surface area contributed by atoms with Crippen LogP contribution in [0.15, 0.2) is 24.5 Å². The summed E-state index contributed by atoms with van der Waals surface area (Å²) in [7, 11) is 0. The number of ketones is 1. The van der Waals surface area contributed by atoms with Gasteiger partial charge in [-0.15, -0.1) is 0 Å². The number of hydrogen-bond donors (Lipinski definition) is 1.